The number of esters is 3. The predicted molar refractivity (Wildman–Crippen MR) is 216 cm³/mol. The number of methoxy groups -OCH3 is 1. The summed E-state index contributed by atoms with van der Waals surface area (Å²) < 4.78 is 21.8. The van der Waals surface area contributed by atoms with Crippen LogP contribution in [-0.2, 0) is 33.3 Å². The van der Waals surface area contributed by atoms with Gasteiger partial charge >= 0.3 is 17.9 Å². The molecule has 0 bridgehead atoms. The van der Waals surface area contributed by atoms with Gasteiger partial charge in [-0.05, 0) is 96.3 Å². The van der Waals surface area contributed by atoms with E-state index in [0.717, 1.165) is 122 Å². The molecule has 0 saturated carbocycles. The van der Waals surface area contributed by atoms with Crippen LogP contribution in [0.5, 0.6) is 0 Å². The molecule has 0 aliphatic heterocycles. The Balaban J connectivity index is 3.94. The molecule has 304 valence electrons. The van der Waals surface area contributed by atoms with Crippen molar-refractivity contribution in [3.8, 4) is 0 Å². The lowest BCUT2D eigenvalue weighted by atomic mass is 10.0. The number of hydrogen-bond acceptors (Lipinski definition) is 7. The number of rotatable bonds is 40. The van der Waals surface area contributed by atoms with Crippen LogP contribution in [0, 0.1) is 0 Å². The molecule has 0 radical (unpaired) electrons. The highest BCUT2D eigenvalue weighted by atomic mass is 16.5. The quantitative estimate of drug-likeness (QED) is 0.0268. The van der Waals surface area contributed by atoms with Crippen LogP contribution < -0.4 is 0 Å². The van der Waals surface area contributed by atoms with Gasteiger partial charge < -0.3 is 18.9 Å². The van der Waals surface area contributed by atoms with Crippen LogP contribution in [0.25, 0.3) is 0 Å². The zero-order valence-corrected chi connectivity index (χ0v) is 34.3. The molecule has 0 spiro atoms. The molecule has 52 heavy (non-hydrogen) atoms. The number of carbonyl (C=O) groups excluding carboxylic acids is 3. The van der Waals surface area contributed by atoms with Crippen LogP contribution in [0.3, 0.4) is 0 Å². The maximum absolute atomic E-state index is 12.4. The number of ether oxygens (including phenoxy) is 4. The Morgan fingerprint density at radius 1 is 0.423 bits per heavy atom. The highest BCUT2D eigenvalue weighted by Gasteiger charge is 2.14. The second-order valence-electron chi connectivity index (χ2n) is 14.5. The highest BCUT2D eigenvalue weighted by Crippen LogP contribution is 2.18. The Morgan fingerprint density at radius 2 is 0.846 bits per heavy atom. The molecule has 7 heteroatoms. The van der Waals surface area contributed by atoms with Crippen LogP contribution in [0.15, 0.2) is 24.3 Å². The first kappa shape index (κ1) is 49.9. The van der Waals surface area contributed by atoms with E-state index >= 15 is 0 Å². The van der Waals surface area contributed by atoms with Crippen molar-refractivity contribution in [2.24, 2.45) is 0 Å². The molecule has 1 unspecified atom stereocenters. The van der Waals surface area contributed by atoms with Gasteiger partial charge in [-0.25, -0.2) is 0 Å². The van der Waals surface area contributed by atoms with Gasteiger partial charge in [0.25, 0.3) is 0 Å². The second-order valence-corrected chi connectivity index (χ2v) is 14.5. The predicted octanol–water partition coefficient (Wildman–Crippen LogP) is 12.9. The van der Waals surface area contributed by atoms with E-state index in [1.165, 1.54) is 51.4 Å². The van der Waals surface area contributed by atoms with E-state index in [2.05, 4.69) is 38.2 Å². The van der Waals surface area contributed by atoms with Gasteiger partial charge in [0.2, 0.25) is 0 Å². The van der Waals surface area contributed by atoms with Crippen LogP contribution in [0.1, 0.15) is 213 Å². The maximum Gasteiger partial charge on any atom is 0.306 e. The molecular weight excluding hydrogens is 652 g/mol. The second kappa shape index (κ2) is 41.6. The van der Waals surface area contributed by atoms with E-state index in [1.54, 1.807) is 7.11 Å². The minimum atomic E-state index is -0.110. The lowest BCUT2D eigenvalue weighted by Gasteiger charge is -2.18. The Morgan fingerprint density at radius 3 is 1.37 bits per heavy atom. The average molecular weight is 735 g/mol. The van der Waals surface area contributed by atoms with E-state index in [4.69, 9.17) is 18.9 Å². The summed E-state index contributed by atoms with van der Waals surface area (Å²) >= 11 is 0. The Bertz CT molecular complexity index is 853. The van der Waals surface area contributed by atoms with Gasteiger partial charge in [-0.1, -0.05) is 122 Å². The molecule has 0 N–H and O–H groups in total. The van der Waals surface area contributed by atoms with Crippen molar-refractivity contribution < 1.29 is 33.3 Å². The molecular formula is C45H82O7. The maximum atomic E-state index is 12.4. The summed E-state index contributed by atoms with van der Waals surface area (Å²) in [7, 11) is 1.65. The molecule has 0 heterocycles. The van der Waals surface area contributed by atoms with Crippen molar-refractivity contribution in [2.75, 3.05) is 26.9 Å². The van der Waals surface area contributed by atoms with Crippen LogP contribution in [0.4, 0.5) is 0 Å². The molecule has 0 aromatic rings. The molecule has 0 aromatic heterocycles. The standard InChI is InChI=1S/C45H82O7/c1-4-6-8-10-12-13-20-26-32-41-51-44(47)37-30-24-18-17-22-28-35-42(52-45(48)38-33-39-49-3)34-27-21-15-14-16-23-29-36-43(46)50-40-31-25-19-11-9-7-5-2/h11-13,19,42H,4-10,14-18,20-41H2,1-3H3/b13-12+,19-11+. The normalized spacial score (nSPS) is 12.1. The van der Waals surface area contributed by atoms with Crippen LogP contribution in [-0.4, -0.2) is 50.9 Å². The molecule has 0 saturated heterocycles. The van der Waals surface area contributed by atoms with Gasteiger partial charge in [0, 0.05) is 33.0 Å². The van der Waals surface area contributed by atoms with Crippen LogP contribution >= 0.6 is 0 Å². The fourth-order valence-corrected chi connectivity index (χ4v) is 6.13. The monoisotopic (exact) mass is 735 g/mol. The van der Waals surface area contributed by atoms with E-state index in [9.17, 15) is 14.4 Å². The van der Waals surface area contributed by atoms with Crippen molar-refractivity contribution in [1.29, 1.82) is 0 Å². The molecule has 0 fully saturated rings. The lowest BCUT2D eigenvalue weighted by molar-refractivity contribution is -0.150. The third-order valence-corrected chi connectivity index (χ3v) is 9.43. The largest absolute Gasteiger partial charge is 0.466 e. The van der Waals surface area contributed by atoms with Gasteiger partial charge in [0.15, 0.2) is 0 Å². The molecule has 0 aromatic carbocycles. The zero-order valence-electron chi connectivity index (χ0n) is 34.3. The fourth-order valence-electron chi connectivity index (χ4n) is 6.13. The smallest absolute Gasteiger partial charge is 0.306 e. The summed E-state index contributed by atoms with van der Waals surface area (Å²) in [4.78, 5) is 36.4. The summed E-state index contributed by atoms with van der Waals surface area (Å²) in [5.74, 6) is -0.232. The number of unbranched alkanes of at least 4 members (excludes halogenated alkanes) is 19. The van der Waals surface area contributed by atoms with Crippen molar-refractivity contribution in [1.82, 2.24) is 0 Å². The summed E-state index contributed by atoms with van der Waals surface area (Å²) in [5.41, 5.74) is 0. The average Bonchev–Trinajstić information content (AvgIpc) is 3.13. The van der Waals surface area contributed by atoms with Gasteiger partial charge in [-0.15, -0.1) is 0 Å². The molecule has 0 amide bonds. The van der Waals surface area contributed by atoms with Gasteiger partial charge in [0.1, 0.15) is 6.10 Å². The lowest BCUT2D eigenvalue weighted by Crippen LogP contribution is -2.18. The van der Waals surface area contributed by atoms with E-state index in [0.29, 0.717) is 45.5 Å². The molecule has 7 nitrogen and oxygen atoms in total. The Labute approximate surface area is 320 Å². The zero-order chi connectivity index (χ0) is 38.0. The van der Waals surface area contributed by atoms with Crippen molar-refractivity contribution >= 4 is 17.9 Å². The van der Waals surface area contributed by atoms with Gasteiger partial charge in [-0.3, -0.25) is 14.4 Å². The first-order chi connectivity index (χ1) is 25.5. The van der Waals surface area contributed by atoms with Crippen molar-refractivity contribution in [2.45, 2.75) is 219 Å². The Kier molecular flexibility index (Phi) is 39.9. The molecule has 0 aliphatic carbocycles. The third-order valence-electron chi connectivity index (χ3n) is 9.43. The van der Waals surface area contributed by atoms with Crippen molar-refractivity contribution in [3.05, 3.63) is 24.3 Å². The molecule has 0 aliphatic rings. The summed E-state index contributed by atoms with van der Waals surface area (Å²) in [6, 6.07) is 0. The topological polar surface area (TPSA) is 88.1 Å². The minimum absolute atomic E-state index is 0.00488. The van der Waals surface area contributed by atoms with Crippen LogP contribution in [0.2, 0.25) is 0 Å². The highest BCUT2D eigenvalue weighted by molar-refractivity contribution is 5.70. The summed E-state index contributed by atoms with van der Waals surface area (Å²) in [5, 5.41) is 0. The third kappa shape index (κ3) is 39.1. The Hall–Kier alpha value is -2.15. The fraction of sp³-hybridized carbons (Fsp3) is 0.844. The summed E-state index contributed by atoms with van der Waals surface area (Å²) in [6.07, 6.45) is 40.7. The summed E-state index contributed by atoms with van der Waals surface area (Å²) in [6.45, 7) is 6.07. The number of carbonyl (C=O) groups is 3. The van der Waals surface area contributed by atoms with Gasteiger partial charge in [0.05, 0.1) is 13.2 Å². The molecule has 1 atom stereocenters. The SMILES string of the molecule is CCCC/C=C/CCCOC(=O)CCCCCCCCCC(CCCCCCCCC(=O)OCCCC/C=C/CCCCC)OC(=O)CCCOC. The first-order valence-corrected chi connectivity index (χ1v) is 21.8. The number of hydrogen-bond donors (Lipinski definition) is 0. The van der Waals surface area contributed by atoms with Crippen molar-refractivity contribution in [3.63, 3.8) is 0 Å². The van der Waals surface area contributed by atoms with E-state index in [1.807, 2.05) is 0 Å². The minimum Gasteiger partial charge on any atom is -0.466 e. The number of allylic oxidation sites excluding steroid dienone is 4. The van der Waals surface area contributed by atoms with E-state index < -0.39 is 0 Å². The first-order valence-electron chi connectivity index (χ1n) is 21.8. The van der Waals surface area contributed by atoms with E-state index in [-0.39, 0.29) is 24.0 Å². The molecule has 0 rings (SSSR count). The van der Waals surface area contributed by atoms with Gasteiger partial charge in [-0.2, -0.15) is 0 Å².